The average Bonchev–Trinajstić information content (AvgIpc) is 1.51. The largest absolute Gasteiger partial charge is 0.508 e. The molecule has 5 aliphatic rings. The molecule has 0 saturated carbocycles. The van der Waals surface area contributed by atoms with Gasteiger partial charge in [0.05, 0.1) is 19.1 Å². The quantitative estimate of drug-likeness (QED) is 0.0244. The van der Waals surface area contributed by atoms with E-state index in [9.17, 15) is 73.2 Å². The van der Waals surface area contributed by atoms with Crippen molar-refractivity contribution < 1.29 is 112 Å². The fourth-order valence-corrected chi connectivity index (χ4v) is 18.7. The maximum absolute atomic E-state index is 16.0. The molecule has 5 saturated heterocycles. The van der Waals surface area contributed by atoms with E-state index in [0.717, 1.165) is 24.5 Å². The lowest BCUT2D eigenvalue weighted by Gasteiger charge is -2.38. The fraction of sp³-hybridized carbons (Fsp3) is 0.559. The normalized spacial score (nSPS) is 25.8. The van der Waals surface area contributed by atoms with Gasteiger partial charge in [0.2, 0.25) is 100 Å². The molecule has 5 aromatic rings. The summed E-state index contributed by atoms with van der Waals surface area (Å²) in [5.74, 6) is -19.5. The summed E-state index contributed by atoms with van der Waals surface area (Å²) >= 11 is 0. The van der Waals surface area contributed by atoms with Gasteiger partial charge in [-0.15, -0.1) is 0 Å². The number of carbonyl (C=O) groups excluding carboxylic acids is 17. The number of aliphatic hydroxyl groups excluding tert-OH is 1. The Morgan fingerprint density at radius 2 is 1.12 bits per heavy atom. The highest BCUT2D eigenvalue weighted by molar-refractivity contribution is 6.10. The van der Waals surface area contributed by atoms with Crippen molar-refractivity contribution in [3.8, 4) is 5.75 Å². The lowest BCUT2D eigenvalue weighted by Crippen LogP contribution is -2.62. The molecule has 0 radical (unpaired) electrons. The summed E-state index contributed by atoms with van der Waals surface area (Å²) in [6.07, 6.45) is -1.60. The minimum absolute atomic E-state index is 0.0105. The first-order valence-corrected chi connectivity index (χ1v) is 46.7. The molecule has 7 heterocycles. The number of unbranched alkanes of at least 4 members (excludes halogenated alkanes) is 2. The van der Waals surface area contributed by atoms with Crippen LogP contribution in [-0.4, -0.2) is 315 Å². The van der Waals surface area contributed by atoms with Crippen LogP contribution in [0.1, 0.15) is 173 Å². The predicted molar refractivity (Wildman–Crippen MR) is 493 cm³/mol. The van der Waals surface area contributed by atoms with Crippen LogP contribution < -0.4 is 70.8 Å². The number of nitrogens with one attached hydrogen (secondary N) is 10. The number of phenols is 1. The number of aromatic hydroxyl groups is 1. The smallest absolute Gasteiger partial charge is 0.323 e. The van der Waals surface area contributed by atoms with Crippen molar-refractivity contribution in [2.24, 2.45) is 28.9 Å². The van der Waals surface area contributed by atoms with Gasteiger partial charge < -0.3 is 125 Å². The third kappa shape index (κ3) is 26.6. The van der Waals surface area contributed by atoms with E-state index in [4.69, 9.17) is 22.9 Å². The predicted octanol–water partition coefficient (Wildman–Crippen LogP) is -2.39. The van der Waals surface area contributed by atoms with Crippen LogP contribution in [0.4, 0.5) is 0 Å². The van der Waals surface area contributed by atoms with Crippen molar-refractivity contribution in [2.75, 3.05) is 53.4 Å². The van der Waals surface area contributed by atoms with Gasteiger partial charge in [-0.2, -0.15) is 0 Å². The number of benzene rings is 3. The molecule has 0 aliphatic carbocycles. The Bertz CT molecular complexity index is 5300. The average molecular weight is 1910 g/mol. The first-order valence-electron chi connectivity index (χ1n) is 46.7. The number of likely N-dealkylation sites (N-methyl/N-ethyl adjacent to an activating group) is 2. The van der Waals surface area contributed by atoms with Gasteiger partial charge in [0.1, 0.15) is 90.8 Å². The molecule has 44 nitrogen and oxygen atoms in total. The number of H-pyrrole nitrogens is 1. The summed E-state index contributed by atoms with van der Waals surface area (Å²) < 4.78 is 1.42. The summed E-state index contributed by atoms with van der Waals surface area (Å²) in [4.78, 5) is 287. The van der Waals surface area contributed by atoms with Crippen LogP contribution in [0.2, 0.25) is 0 Å². The van der Waals surface area contributed by atoms with Gasteiger partial charge in [0, 0.05) is 113 Å². The van der Waals surface area contributed by atoms with Gasteiger partial charge in [-0.25, -0.2) is 0 Å². The molecule has 22 N–H and O–H groups in total. The summed E-state index contributed by atoms with van der Waals surface area (Å²) in [5.41, 5.74) is 23.6. The Kier molecular flexibility index (Phi) is 37.1. The summed E-state index contributed by atoms with van der Waals surface area (Å²) in [7, 11) is 2.67. The van der Waals surface area contributed by atoms with E-state index in [2.05, 4.69) is 52.8 Å². The highest BCUT2D eigenvalue weighted by Crippen LogP contribution is 2.49. The molecule has 17 amide bonds. The van der Waals surface area contributed by atoms with Crippen molar-refractivity contribution >= 4 is 134 Å². The number of para-hydroxylation sites is 2. The highest BCUT2D eigenvalue weighted by atomic mass is 16.4. The van der Waals surface area contributed by atoms with Crippen LogP contribution in [0.15, 0.2) is 85.2 Å². The number of aliphatic carboxylic acids is 2. The topological polar surface area (TPSA) is 658 Å². The monoisotopic (exact) mass is 1910 g/mol. The number of carboxylic acids is 2. The minimum atomic E-state index is -2.24. The maximum atomic E-state index is 16.0. The SMILES string of the molecule is CCCC[C@H]1C(=O)N(C)[C@@H](CCCC)C(=O)N[C@@H](CC(C)C)C(=O)N[C@H](C(=O)NCC(N)=O)CCCC(=O)N[C@@H](Cc2ccc(O)cc2)C(=O)N2CCCC[C@H]2C(=O)N[C@@H](CC(N)=O)C(=O)N2CCC[C@H]2C(=O)N[C@@H](CN)C(=O)N[C@@H](CCC(=O)O)C(=O)N2C[C@H](O)C[C@@]23C(=O)N3[C@@H](Cc2c[nH]c3ccccc23)C(=O)N[C@@H](CCN)C(=O)N[C@@H](Cc2cn(CC(=O)O)c3ccccc23)C(=O)N1C. The number of aromatic nitrogens is 2. The number of aromatic amines is 1. The van der Waals surface area contributed by atoms with E-state index >= 15 is 38.4 Å². The van der Waals surface area contributed by atoms with Gasteiger partial charge in [-0.05, 0) is 130 Å². The Morgan fingerprint density at radius 1 is 0.540 bits per heavy atom. The van der Waals surface area contributed by atoms with Crippen LogP contribution in [-0.2, 0) is 117 Å². The fourth-order valence-electron chi connectivity index (χ4n) is 18.7. The number of carbonyl (C=O) groups is 19. The molecule has 744 valence electrons. The number of primary amides is 2. The number of fused-ring (bicyclic) bond motifs is 4. The zero-order chi connectivity index (χ0) is 100.0. The highest BCUT2D eigenvalue weighted by Gasteiger charge is 2.74. The Balaban J connectivity index is 1.05. The molecule has 5 aliphatic heterocycles. The summed E-state index contributed by atoms with van der Waals surface area (Å²) in [6.45, 7) is 3.98. The number of amides is 17. The van der Waals surface area contributed by atoms with Crippen molar-refractivity contribution in [1.82, 2.24) is 86.8 Å². The van der Waals surface area contributed by atoms with Gasteiger partial charge in [0.15, 0.2) is 0 Å². The van der Waals surface area contributed by atoms with Gasteiger partial charge in [-0.3, -0.25) is 96.0 Å². The van der Waals surface area contributed by atoms with Crippen molar-refractivity contribution in [2.45, 2.75) is 272 Å². The van der Waals surface area contributed by atoms with E-state index in [1.165, 1.54) is 54.0 Å². The van der Waals surface area contributed by atoms with Crippen molar-refractivity contribution in [3.05, 3.63) is 102 Å². The van der Waals surface area contributed by atoms with Gasteiger partial charge in [0.25, 0.3) is 5.91 Å². The second kappa shape index (κ2) is 48.2. The van der Waals surface area contributed by atoms with E-state index in [0.29, 0.717) is 77.0 Å². The Morgan fingerprint density at radius 3 is 1.76 bits per heavy atom. The van der Waals surface area contributed by atoms with E-state index in [1.54, 1.807) is 68.6 Å². The van der Waals surface area contributed by atoms with Crippen LogP contribution in [0.3, 0.4) is 0 Å². The van der Waals surface area contributed by atoms with Crippen molar-refractivity contribution in [3.63, 3.8) is 0 Å². The lowest BCUT2D eigenvalue weighted by molar-refractivity contribution is -0.149. The van der Waals surface area contributed by atoms with Crippen molar-refractivity contribution in [1.29, 1.82) is 0 Å². The molecule has 3 aromatic carbocycles. The molecule has 44 heteroatoms. The number of carboxylic acid groups (broad SMARTS) is 2. The summed E-state index contributed by atoms with van der Waals surface area (Å²) in [6, 6.07) is -1.53. The van der Waals surface area contributed by atoms with E-state index < -0.39 is 267 Å². The standard InChI is InChI=1S/C93H129N21O23/c1-7-9-23-69-83(128)104-63(39-51(3)4)81(126)101-60(79(124)99-47-75(97)118)22-17-28-76(119)100-64(40-52-29-31-55(115)32-30-52)88(133)111-37-16-15-26-70(111)84(129)106-66(43-74(96)117)89(134)112-38-18-27-71(112)85(130)107-67(45-95)82(127)103-62(33-34-77(120)121)90(135)113-49-56(116)44-93(113)92(137)114(93)73(42-53-46-98-59-21-13-11-19-57(53)59)86(131)102-61(35-36-94)80(125)105-65(87(132)109(6)72(24-10-8-2)91(136)108(69)5)41-54-48-110(50-78(122)123)68-25-14-12-20-58(54)68/h11-14,19-21,25,29-32,46,48,51,56,60-67,69-73,98,115-116H,7-10,15-18,22-24,26-28,33-45,47,49-50,94-95H2,1-6H3,(H2,96,117)(H2,97,118)(H,99,124)(H,100,119)(H,101,126)(H,102,131)(H,103,127)(H,104,128)(H,105,125)(H,106,129)(H,107,130)(H,120,121)(H,122,123)/t56-,60+,61+,62+,63+,64+,65+,66+,67+,69+,70+,71+,72+,73+,93-,114?/m1/s1. The Hall–Kier alpha value is -13.7. The molecule has 5 fully saturated rings. The van der Waals surface area contributed by atoms with E-state index in [1.807, 2.05) is 13.8 Å². The molecular formula is C93H129N21O23. The minimum Gasteiger partial charge on any atom is -0.508 e. The molecule has 137 heavy (non-hydrogen) atoms. The lowest BCUT2D eigenvalue weighted by atomic mass is 9.97. The number of hydrogen-bond donors (Lipinski definition) is 18. The third-order valence-electron chi connectivity index (χ3n) is 25.8. The first kappa shape index (κ1) is 105. The third-order valence-corrected chi connectivity index (χ3v) is 25.8. The molecule has 1 spiro atoms. The number of nitrogens with two attached hydrogens (primary N) is 4. The van der Waals surface area contributed by atoms with Crippen LogP contribution >= 0.6 is 0 Å². The van der Waals surface area contributed by atoms with Gasteiger partial charge >= 0.3 is 11.9 Å². The number of rotatable bonds is 27. The number of aliphatic hydroxyl groups is 1. The second-order valence-electron chi connectivity index (χ2n) is 36.3. The number of piperidine rings is 1. The number of nitrogens with zero attached hydrogens (tertiary/aromatic N) is 7. The van der Waals surface area contributed by atoms with Gasteiger partial charge in [-0.1, -0.05) is 102 Å². The maximum Gasteiger partial charge on any atom is 0.323 e. The summed E-state index contributed by atoms with van der Waals surface area (Å²) in [5, 5.41) is 67.0. The first-order chi connectivity index (χ1) is 65.2. The molecule has 2 aromatic heterocycles. The molecular weight excluding hydrogens is 1780 g/mol. The molecule has 15 atom stereocenters. The molecule has 10 rings (SSSR count). The van der Waals surface area contributed by atoms with E-state index in [-0.39, 0.29) is 102 Å². The second-order valence-corrected chi connectivity index (χ2v) is 36.3. The number of hydrogen-bond acceptors (Lipinski definition) is 23. The number of phenolic OH excluding ortho intramolecular Hbond substituents is 1. The van der Waals surface area contributed by atoms with Crippen LogP contribution in [0.25, 0.3) is 21.8 Å². The molecule has 0 unspecified atom stereocenters. The Labute approximate surface area is 791 Å². The zero-order valence-corrected chi connectivity index (χ0v) is 77.9. The van der Waals surface area contributed by atoms with Crippen LogP contribution in [0.5, 0.6) is 5.75 Å². The zero-order valence-electron chi connectivity index (χ0n) is 77.9. The molecule has 0 bridgehead atoms. The van der Waals surface area contributed by atoms with Crippen LogP contribution in [0, 0.1) is 5.92 Å².